The number of para-hydroxylation sites is 3. The van der Waals surface area contributed by atoms with Crippen LogP contribution in [0.1, 0.15) is 32.1 Å². The van der Waals surface area contributed by atoms with E-state index in [-0.39, 0.29) is 0 Å². The van der Waals surface area contributed by atoms with Crippen LogP contribution in [0.2, 0.25) is 0 Å². The highest BCUT2D eigenvalue weighted by atomic mass is 32.1. The van der Waals surface area contributed by atoms with Crippen LogP contribution in [0.4, 0.5) is 17.1 Å². The standard InChI is InChI=1S/C28H33N4PS/c34-28(30-23-13-4-1-5-14-23)29-21-12-22-33-31(24-15-6-2-7-16-24)26-19-10-11-20-27(26)32(33)25-17-8-3-9-18-25/h1-9,13-18,26-27H,10-12,19-22H2,(H2,29,30,34)/t26-,27-/m1/s1. The predicted octanol–water partition coefficient (Wildman–Crippen LogP) is 7.01. The average molecular weight is 489 g/mol. The lowest BCUT2D eigenvalue weighted by Gasteiger charge is -2.34. The number of benzene rings is 3. The van der Waals surface area contributed by atoms with E-state index in [1.807, 2.05) is 30.3 Å². The molecule has 1 aliphatic carbocycles. The van der Waals surface area contributed by atoms with E-state index in [0.717, 1.165) is 24.8 Å². The van der Waals surface area contributed by atoms with Crippen molar-refractivity contribution < 1.29 is 0 Å². The Kier molecular flexibility index (Phi) is 7.62. The molecule has 2 N–H and O–H groups in total. The fraction of sp³-hybridized carbons (Fsp3) is 0.321. The molecule has 4 nitrogen and oxygen atoms in total. The van der Waals surface area contributed by atoms with Crippen LogP contribution in [-0.2, 0) is 0 Å². The molecule has 6 heteroatoms. The van der Waals surface area contributed by atoms with Crippen molar-refractivity contribution in [3.05, 3.63) is 91.0 Å². The highest BCUT2D eigenvalue weighted by molar-refractivity contribution is 7.80. The molecule has 3 aromatic rings. The van der Waals surface area contributed by atoms with Crippen LogP contribution in [0.25, 0.3) is 0 Å². The molecule has 5 rings (SSSR count). The molecule has 0 aromatic heterocycles. The molecule has 2 fully saturated rings. The van der Waals surface area contributed by atoms with Gasteiger partial charge in [0.2, 0.25) is 0 Å². The smallest absolute Gasteiger partial charge is 0.170 e. The van der Waals surface area contributed by atoms with Gasteiger partial charge in [-0.3, -0.25) is 0 Å². The summed E-state index contributed by atoms with van der Waals surface area (Å²) < 4.78 is 5.57. The van der Waals surface area contributed by atoms with Crippen molar-refractivity contribution >= 4 is 42.6 Å². The quantitative estimate of drug-likeness (QED) is 0.212. The first-order valence-corrected chi connectivity index (χ1v) is 14.2. The molecule has 1 heterocycles. The highest BCUT2D eigenvalue weighted by Gasteiger charge is 2.47. The molecule has 0 radical (unpaired) electrons. The molecule has 1 aliphatic heterocycles. The summed E-state index contributed by atoms with van der Waals surface area (Å²) in [6.45, 7) is 0.873. The molecule has 0 spiro atoms. The minimum absolute atomic E-state index is 0.491. The average Bonchev–Trinajstić information content (AvgIpc) is 3.22. The second-order valence-corrected chi connectivity index (χ2v) is 11.4. The zero-order chi connectivity index (χ0) is 23.2. The monoisotopic (exact) mass is 488 g/mol. The Morgan fingerprint density at radius 2 is 1.26 bits per heavy atom. The molecule has 0 bridgehead atoms. The molecule has 1 saturated heterocycles. The summed E-state index contributed by atoms with van der Waals surface area (Å²) in [5.74, 6) is 0. The Bertz CT molecular complexity index is 994. The van der Waals surface area contributed by atoms with Gasteiger partial charge in [0.1, 0.15) is 0 Å². The number of rotatable bonds is 7. The minimum Gasteiger partial charge on any atom is -0.362 e. The maximum absolute atomic E-state index is 5.53. The van der Waals surface area contributed by atoms with Crippen molar-refractivity contribution in [2.45, 2.75) is 44.2 Å². The van der Waals surface area contributed by atoms with Gasteiger partial charge in [-0.2, -0.15) is 0 Å². The Morgan fingerprint density at radius 1 is 0.765 bits per heavy atom. The summed E-state index contributed by atoms with van der Waals surface area (Å²) in [4.78, 5) is 0. The van der Waals surface area contributed by atoms with Gasteiger partial charge in [0.05, 0.1) is 20.3 Å². The number of hydrogen-bond acceptors (Lipinski definition) is 3. The summed E-state index contributed by atoms with van der Waals surface area (Å²) in [6, 6.07) is 33.5. The van der Waals surface area contributed by atoms with E-state index in [1.165, 1.54) is 37.1 Å². The predicted molar refractivity (Wildman–Crippen MR) is 151 cm³/mol. The molecule has 2 atom stereocenters. The van der Waals surface area contributed by atoms with Gasteiger partial charge in [0, 0.05) is 29.8 Å². The number of nitrogens with zero attached hydrogens (tertiary/aromatic N) is 2. The van der Waals surface area contributed by atoms with Crippen molar-refractivity contribution in [3.63, 3.8) is 0 Å². The summed E-state index contributed by atoms with van der Waals surface area (Å²) in [5.41, 5.74) is 3.77. The Labute approximate surface area is 210 Å². The van der Waals surface area contributed by atoms with Crippen LogP contribution in [0, 0.1) is 0 Å². The van der Waals surface area contributed by atoms with Gasteiger partial charge in [0.25, 0.3) is 0 Å². The molecule has 1 saturated carbocycles. The van der Waals surface area contributed by atoms with Crippen LogP contribution in [0.5, 0.6) is 0 Å². The lowest BCUT2D eigenvalue weighted by atomic mass is 9.90. The molecule has 0 unspecified atom stereocenters. The van der Waals surface area contributed by atoms with Gasteiger partial charge in [-0.15, -0.1) is 0 Å². The summed E-state index contributed by atoms with van der Waals surface area (Å²) in [5, 5.41) is 7.40. The van der Waals surface area contributed by atoms with Gasteiger partial charge in [0.15, 0.2) is 5.11 Å². The number of thiocarbonyl (C=S) groups is 1. The number of nitrogens with one attached hydrogen (secondary N) is 2. The van der Waals surface area contributed by atoms with Gasteiger partial charge in [-0.1, -0.05) is 67.4 Å². The number of hydrogen-bond donors (Lipinski definition) is 2. The second-order valence-electron chi connectivity index (χ2n) is 8.98. The Hall–Kier alpha value is -2.62. The van der Waals surface area contributed by atoms with Crippen molar-refractivity contribution in [1.82, 2.24) is 5.32 Å². The molecule has 0 amide bonds. The molecule has 3 aromatic carbocycles. The third-order valence-electron chi connectivity index (χ3n) is 6.71. The van der Waals surface area contributed by atoms with Crippen LogP contribution < -0.4 is 20.0 Å². The van der Waals surface area contributed by atoms with Crippen LogP contribution in [0.15, 0.2) is 91.0 Å². The molecule has 176 valence electrons. The van der Waals surface area contributed by atoms with E-state index in [0.29, 0.717) is 17.2 Å². The normalized spacial score (nSPS) is 20.1. The third kappa shape index (κ3) is 5.21. The largest absolute Gasteiger partial charge is 0.362 e. The molecule has 34 heavy (non-hydrogen) atoms. The Morgan fingerprint density at radius 3 is 1.79 bits per heavy atom. The minimum atomic E-state index is -0.491. The highest BCUT2D eigenvalue weighted by Crippen LogP contribution is 2.60. The summed E-state index contributed by atoms with van der Waals surface area (Å²) in [7, 11) is -0.491. The van der Waals surface area contributed by atoms with Gasteiger partial charge in [-0.05, 0) is 67.9 Å². The fourth-order valence-corrected chi connectivity index (χ4v) is 8.58. The lowest BCUT2D eigenvalue weighted by Crippen LogP contribution is -2.40. The first-order valence-electron chi connectivity index (χ1n) is 12.4. The van der Waals surface area contributed by atoms with Gasteiger partial charge >= 0.3 is 0 Å². The maximum atomic E-state index is 5.53. The first-order chi connectivity index (χ1) is 16.8. The van der Waals surface area contributed by atoms with E-state index in [2.05, 4.69) is 80.6 Å². The zero-order valence-electron chi connectivity index (χ0n) is 19.5. The topological polar surface area (TPSA) is 30.5 Å². The molecular formula is C28H33N4PS. The summed E-state index contributed by atoms with van der Waals surface area (Å²) in [6.07, 6.45) is 7.45. The van der Waals surface area contributed by atoms with E-state index < -0.39 is 8.22 Å². The Balaban J connectivity index is 1.31. The van der Waals surface area contributed by atoms with Crippen molar-refractivity contribution in [3.8, 4) is 0 Å². The fourth-order valence-electron chi connectivity index (χ4n) is 5.25. The molecular weight excluding hydrogens is 455 g/mol. The van der Waals surface area contributed by atoms with Crippen molar-refractivity contribution in [1.29, 1.82) is 0 Å². The van der Waals surface area contributed by atoms with Gasteiger partial charge in [-0.25, -0.2) is 0 Å². The van der Waals surface area contributed by atoms with E-state index >= 15 is 0 Å². The lowest BCUT2D eigenvalue weighted by molar-refractivity contribution is 0.409. The SMILES string of the molecule is S=C(NCCCP1N(c2ccccc2)[C@@H]2CCCC[C@H]2N1c1ccccc1)Nc1ccccc1. The van der Waals surface area contributed by atoms with Crippen molar-refractivity contribution in [2.75, 3.05) is 27.4 Å². The first kappa shape index (κ1) is 23.1. The number of anilines is 3. The maximum Gasteiger partial charge on any atom is 0.170 e. The van der Waals surface area contributed by atoms with Crippen LogP contribution in [-0.4, -0.2) is 29.9 Å². The summed E-state index contributed by atoms with van der Waals surface area (Å²) >= 11 is 5.53. The van der Waals surface area contributed by atoms with Gasteiger partial charge < -0.3 is 20.0 Å². The second kappa shape index (κ2) is 11.2. The number of fused-ring (bicyclic) bond motifs is 1. The van der Waals surface area contributed by atoms with Crippen LogP contribution >= 0.6 is 20.4 Å². The van der Waals surface area contributed by atoms with E-state index in [9.17, 15) is 0 Å². The zero-order valence-corrected chi connectivity index (χ0v) is 21.2. The van der Waals surface area contributed by atoms with Crippen LogP contribution in [0.3, 0.4) is 0 Å². The molecule has 2 aliphatic rings. The van der Waals surface area contributed by atoms with Crippen molar-refractivity contribution in [2.24, 2.45) is 0 Å². The van der Waals surface area contributed by atoms with E-state index in [1.54, 1.807) is 0 Å². The van der Waals surface area contributed by atoms with E-state index in [4.69, 9.17) is 12.2 Å². The third-order valence-corrected chi connectivity index (χ3v) is 9.73.